The molecule has 1 aliphatic heterocycles. The van der Waals surface area contributed by atoms with Crippen molar-refractivity contribution < 1.29 is 9.18 Å². The predicted octanol–water partition coefficient (Wildman–Crippen LogP) is 1.81. The van der Waals surface area contributed by atoms with Gasteiger partial charge in [0.2, 0.25) is 5.91 Å². The lowest BCUT2D eigenvalue weighted by Crippen LogP contribution is -2.39. The average molecular weight is 279 g/mol. The van der Waals surface area contributed by atoms with Crippen molar-refractivity contribution in [1.82, 2.24) is 5.32 Å². The fraction of sp³-hybridized carbons (Fsp3) is 0.533. The maximum atomic E-state index is 14.1. The second-order valence-corrected chi connectivity index (χ2v) is 5.35. The van der Waals surface area contributed by atoms with Crippen molar-refractivity contribution in [2.24, 2.45) is 11.7 Å². The van der Waals surface area contributed by atoms with Crippen molar-refractivity contribution in [3.8, 4) is 0 Å². The molecule has 0 saturated carbocycles. The third-order valence-corrected chi connectivity index (χ3v) is 4.13. The molecule has 110 valence electrons. The molecule has 1 aromatic carbocycles. The minimum Gasteiger partial charge on any atom is -0.371 e. The van der Waals surface area contributed by atoms with Crippen LogP contribution in [0.4, 0.5) is 10.1 Å². The molecule has 1 amide bonds. The van der Waals surface area contributed by atoms with Crippen molar-refractivity contribution in [2.45, 2.75) is 25.8 Å². The molecule has 0 bridgehead atoms. The van der Waals surface area contributed by atoms with Crippen LogP contribution in [0, 0.1) is 11.7 Å². The van der Waals surface area contributed by atoms with Gasteiger partial charge in [0.1, 0.15) is 5.82 Å². The molecule has 1 fully saturated rings. The number of anilines is 1. The Labute approximate surface area is 119 Å². The first kappa shape index (κ1) is 14.8. The van der Waals surface area contributed by atoms with Gasteiger partial charge in [0.25, 0.3) is 0 Å². The average Bonchev–Trinajstić information content (AvgIpc) is 2.46. The Morgan fingerprint density at radius 1 is 1.45 bits per heavy atom. The largest absolute Gasteiger partial charge is 0.371 e. The van der Waals surface area contributed by atoms with E-state index in [4.69, 9.17) is 5.73 Å². The molecule has 1 saturated heterocycles. The Morgan fingerprint density at radius 3 is 2.65 bits per heavy atom. The minimum absolute atomic E-state index is 0.0509. The summed E-state index contributed by atoms with van der Waals surface area (Å²) in [5.74, 6) is -0.473. The molecule has 0 aliphatic carbocycles. The number of nitrogens with one attached hydrogen (secondary N) is 1. The number of nitrogens with zero attached hydrogens (tertiary/aromatic N) is 1. The van der Waals surface area contributed by atoms with Crippen LogP contribution in [0.2, 0.25) is 0 Å². The molecule has 20 heavy (non-hydrogen) atoms. The number of piperidine rings is 1. The van der Waals surface area contributed by atoms with E-state index in [0.717, 1.165) is 31.6 Å². The molecule has 1 aromatic rings. The lowest BCUT2D eigenvalue weighted by atomic mass is 9.94. The number of hydrogen-bond donors (Lipinski definition) is 2. The Bertz CT molecular complexity index is 484. The molecule has 1 atom stereocenters. The van der Waals surface area contributed by atoms with Crippen LogP contribution < -0.4 is 16.0 Å². The molecule has 4 nitrogen and oxygen atoms in total. The fourth-order valence-corrected chi connectivity index (χ4v) is 2.78. The van der Waals surface area contributed by atoms with Gasteiger partial charge in [-0.3, -0.25) is 4.79 Å². The molecule has 1 unspecified atom stereocenters. The number of carbonyl (C=O) groups excluding carboxylic acids is 1. The van der Waals surface area contributed by atoms with E-state index < -0.39 is 0 Å². The van der Waals surface area contributed by atoms with E-state index in [2.05, 4.69) is 10.2 Å². The SMILES string of the molecule is CNC(C)c1c(F)cccc1N1CCC(C(N)=O)CC1. The van der Waals surface area contributed by atoms with Gasteiger partial charge in [0.05, 0.1) is 0 Å². The van der Waals surface area contributed by atoms with Crippen LogP contribution in [0.15, 0.2) is 18.2 Å². The highest BCUT2D eigenvalue weighted by molar-refractivity contribution is 5.77. The first-order chi connectivity index (χ1) is 9.54. The number of amides is 1. The van der Waals surface area contributed by atoms with Gasteiger partial charge in [0, 0.05) is 36.3 Å². The fourth-order valence-electron chi connectivity index (χ4n) is 2.78. The van der Waals surface area contributed by atoms with E-state index >= 15 is 0 Å². The van der Waals surface area contributed by atoms with Crippen LogP contribution in [-0.2, 0) is 4.79 Å². The molecule has 0 spiro atoms. The van der Waals surface area contributed by atoms with Crippen molar-refractivity contribution in [3.63, 3.8) is 0 Å². The van der Waals surface area contributed by atoms with E-state index in [-0.39, 0.29) is 23.7 Å². The number of nitrogens with two attached hydrogens (primary N) is 1. The summed E-state index contributed by atoms with van der Waals surface area (Å²) in [5, 5.41) is 3.09. The molecule has 2 rings (SSSR count). The third kappa shape index (κ3) is 2.93. The summed E-state index contributed by atoms with van der Waals surface area (Å²) in [7, 11) is 1.82. The summed E-state index contributed by atoms with van der Waals surface area (Å²) in [4.78, 5) is 13.4. The summed E-state index contributed by atoms with van der Waals surface area (Å²) in [6, 6.07) is 5.11. The summed E-state index contributed by atoms with van der Waals surface area (Å²) in [5.41, 5.74) is 6.95. The summed E-state index contributed by atoms with van der Waals surface area (Å²) < 4.78 is 14.1. The number of primary amides is 1. The summed E-state index contributed by atoms with van der Waals surface area (Å²) in [6.45, 7) is 3.42. The van der Waals surface area contributed by atoms with E-state index in [1.54, 1.807) is 6.07 Å². The molecular weight excluding hydrogens is 257 g/mol. The quantitative estimate of drug-likeness (QED) is 0.883. The topological polar surface area (TPSA) is 58.4 Å². The molecule has 0 radical (unpaired) electrons. The molecule has 3 N–H and O–H groups in total. The highest BCUT2D eigenvalue weighted by Crippen LogP contribution is 2.31. The number of rotatable bonds is 4. The Hall–Kier alpha value is -1.62. The molecule has 5 heteroatoms. The second kappa shape index (κ2) is 6.22. The van der Waals surface area contributed by atoms with Crippen molar-refractivity contribution in [3.05, 3.63) is 29.6 Å². The maximum absolute atomic E-state index is 14.1. The smallest absolute Gasteiger partial charge is 0.220 e. The number of benzene rings is 1. The van der Waals surface area contributed by atoms with Gasteiger partial charge in [0.15, 0.2) is 0 Å². The lowest BCUT2D eigenvalue weighted by Gasteiger charge is -2.34. The van der Waals surface area contributed by atoms with Gasteiger partial charge in [-0.15, -0.1) is 0 Å². The summed E-state index contributed by atoms with van der Waals surface area (Å²) >= 11 is 0. The Morgan fingerprint density at radius 2 is 2.10 bits per heavy atom. The van der Waals surface area contributed by atoms with E-state index in [1.807, 2.05) is 20.0 Å². The van der Waals surface area contributed by atoms with Gasteiger partial charge in [-0.2, -0.15) is 0 Å². The molecule has 0 aromatic heterocycles. The van der Waals surface area contributed by atoms with Crippen LogP contribution in [0.5, 0.6) is 0 Å². The highest BCUT2D eigenvalue weighted by Gasteiger charge is 2.26. The standard InChI is InChI=1S/C15H22FN3O/c1-10(18-2)14-12(16)4-3-5-13(14)19-8-6-11(7-9-19)15(17)20/h3-5,10-11,18H,6-9H2,1-2H3,(H2,17,20). The highest BCUT2D eigenvalue weighted by atomic mass is 19.1. The van der Waals surface area contributed by atoms with Crippen LogP contribution in [0.25, 0.3) is 0 Å². The lowest BCUT2D eigenvalue weighted by molar-refractivity contribution is -0.122. The van der Waals surface area contributed by atoms with E-state index in [0.29, 0.717) is 5.56 Å². The second-order valence-electron chi connectivity index (χ2n) is 5.35. The van der Waals surface area contributed by atoms with Crippen molar-refractivity contribution >= 4 is 11.6 Å². The van der Waals surface area contributed by atoms with Crippen molar-refractivity contribution in [1.29, 1.82) is 0 Å². The van der Waals surface area contributed by atoms with Crippen LogP contribution in [0.3, 0.4) is 0 Å². The molecular formula is C15H22FN3O. The van der Waals surface area contributed by atoms with Gasteiger partial charge in [-0.1, -0.05) is 6.07 Å². The van der Waals surface area contributed by atoms with Crippen molar-refractivity contribution in [2.75, 3.05) is 25.0 Å². The number of halogens is 1. The predicted molar refractivity (Wildman–Crippen MR) is 78.0 cm³/mol. The first-order valence-corrected chi connectivity index (χ1v) is 7.04. The van der Waals surface area contributed by atoms with Crippen LogP contribution in [-0.4, -0.2) is 26.0 Å². The first-order valence-electron chi connectivity index (χ1n) is 7.04. The number of carbonyl (C=O) groups is 1. The monoisotopic (exact) mass is 279 g/mol. The molecule has 1 heterocycles. The zero-order chi connectivity index (χ0) is 14.7. The Kier molecular flexibility index (Phi) is 4.60. The Balaban J connectivity index is 2.22. The van der Waals surface area contributed by atoms with Gasteiger partial charge in [-0.05, 0) is 38.9 Å². The number of hydrogen-bond acceptors (Lipinski definition) is 3. The van der Waals surface area contributed by atoms with E-state index in [9.17, 15) is 9.18 Å². The molecule has 1 aliphatic rings. The summed E-state index contributed by atoms with van der Waals surface area (Å²) in [6.07, 6.45) is 1.47. The minimum atomic E-state index is -0.229. The normalized spacial score (nSPS) is 18.1. The van der Waals surface area contributed by atoms with Gasteiger partial charge >= 0.3 is 0 Å². The van der Waals surface area contributed by atoms with Gasteiger partial charge < -0.3 is 16.0 Å². The maximum Gasteiger partial charge on any atom is 0.220 e. The van der Waals surface area contributed by atoms with E-state index in [1.165, 1.54) is 6.07 Å². The van der Waals surface area contributed by atoms with Crippen LogP contribution >= 0.6 is 0 Å². The van der Waals surface area contributed by atoms with Crippen LogP contribution in [0.1, 0.15) is 31.4 Å². The van der Waals surface area contributed by atoms with Gasteiger partial charge in [-0.25, -0.2) is 4.39 Å². The zero-order valence-electron chi connectivity index (χ0n) is 12.0. The third-order valence-electron chi connectivity index (χ3n) is 4.13. The zero-order valence-corrected chi connectivity index (χ0v) is 12.0.